The molecule has 0 aliphatic heterocycles. The molecule has 3 N–H and O–H groups in total. The Kier molecular flexibility index (Phi) is 15.1. The first kappa shape index (κ1) is 33.6. The van der Waals surface area contributed by atoms with Crippen molar-refractivity contribution in [1.82, 2.24) is 5.32 Å². The number of allylic oxidation sites excluding steroid dienone is 3. The van der Waals surface area contributed by atoms with Gasteiger partial charge in [0.25, 0.3) is 0 Å². The van der Waals surface area contributed by atoms with Crippen LogP contribution in [0.4, 0.5) is 0 Å². The highest BCUT2D eigenvalue weighted by atomic mass is 32.2. The summed E-state index contributed by atoms with van der Waals surface area (Å²) in [6.45, 7) is 15.6. The Balaban J connectivity index is 2.29. The van der Waals surface area contributed by atoms with E-state index in [1.54, 1.807) is 23.5 Å². The van der Waals surface area contributed by atoms with Gasteiger partial charge in [0.2, 0.25) is 5.91 Å². The van der Waals surface area contributed by atoms with E-state index in [4.69, 9.17) is 10.5 Å². The number of amides is 1. The Morgan fingerprint density at radius 2 is 1.73 bits per heavy atom. The van der Waals surface area contributed by atoms with E-state index in [-0.39, 0.29) is 5.91 Å². The van der Waals surface area contributed by atoms with Crippen molar-refractivity contribution in [2.45, 2.75) is 98.3 Å². The number of nitrogens with one attached hydrogen (secondary N) is 1. The first-order chi connectivity index (χ1) is 19.2. The largest absolute Gasteiger partial charge is 0.493 e. The Bertz CT molecular complexity index is 1210. The van der Waals surface area contributed by atoms with E-state index < -0.39 is 0 Å². The Hall–Kier alpha value is -2.57. The van der Waals surface area contributed by atoms with Gasteiger partial charge in [-0.3, -0.25) is 4.79 Å². The molecule has 2 aromatic rings. The minimum absolute atomic E-state index is 0.0226. The Morgan fingerprint density at radius 3 is 2.40 bits per heavy atom. The van der Waals surface area contributed by atoms with Gasteiger partial charge in [0.15, 0.2) is 0 Å². The molecule has 0 saturated heterocycles. The molecule has 4 nitrogen and oxygen atoms in total. The third-order valence-electron chi connectivity index (χ3n) is 6.66. The lowest BCUT2D eigenvalue weighted by Crippen LogP contribution is -2.24. The zero-order chi connectivity index (χ0) is 29.5. The van der Waals surface area contributed by atoms with Gasteiger partial charge in [-0.05, 0) is 75.3 Å². The summed E-state index contributed by atoms with van der Waals surface area (Å²) in [5.41, 5.74) is 11.8. The van der Waals surface area contributed by atoms with Crippen LogP contribution in [0, 0.1) is 6.92 Å². The molecule has 0 aromatic heterocycles. The van der Waals surface area contributed by atoms with Crippen molar-refractivity contribution in [2.75, 3.05) is 6.61 Å². The van der Waals surface area contributed by atoms with Crippen molar-refractivity contribution in [3.63, 3.8) is 0 Å². The number of ether oxygens (including phenoxy) is 1. The number of thioether (sulfide) groups is 2. The van der Waals surface area contributed by atoms with Gasteiger partial charge in [-0.1, -0.05) is 106 Å². The molecule has 0 fully saturated rings. The van der Waals surface area contributed by atoms with E-state index in [1.165, 1.54) is 5.57 Å². The quantitative estimate of drug-likeness (QED) is 0.153. The zero-order valence-electron chi connectivity index (χ0n) is 25.5. The maximum atomic E-state index is 13.4. The molecule has 0 spiro atoms. The van der Waals surface area contributed by atoms with Gasteiger partial charge in [-0.25, -0.2) is 0 Å². The molecule has 40 heavy (non-hydrogen) atoms. The van der Waals surface area contributed by atoms with Crippen LogP contribution < -0.4 is 15.8 Å². The number of rotatable bonds is 16. The number of nitrogens with two attached hydrogens (primary N) is 1. The summed E-state index contributed by atoms with van der Waals surface area (Å²) >= 11 is 3.21. The van der Waals surface area contributed by atoms with Crippen LogP contribution in [0.2, 0.25) is 0 Å². The second-order valence-electron chi connectivity index (χ2n) is 10.0. The predicted octanol–water partition coefficient (Wildman–Crippen LogP) is 9.74. The number of benzene rings is 2. The average molecular weight is 581 g/mol. The van der Waals surface area contributed by atoms with E-state index in [1.807, 2.05) is 18.2 Å². The number of aryl methyl sites for hydroxylation is 1. The zero-order valence-corrected chi connectivity index (χ0v) is 27.1. The molecule has 0 heterocycles. The minimum Gasteiger partial charge on any atom is -0.493 e. The van der Waals surface area contributed by atoms with Crippen molar-refractivity contribution in [1.29, 1.82) is 0 Å². The number of carbonyl (C=O) groups is 1. The lowest BCUT2D eigenvalue weighted by atomic mass is 10.1. The first-order valence-electron chi connectivity index (χ1n) is 14.6. The van der Waals surface area contributed by atoms with E-state index in [0.717, 1.165) is 86.4 Å². The van der Waals surface area contributed by atoms with Gasteiger partial charge in [0.05, 0.1) is 23.1 Å². The molecule has 218 valence electrons. The van der Waals surface area contributed by atoms with Gasteiger partial charge >= 0.3 is 0 Å². The smallest absolute Gasteiger partial charge is 0.229 e. The molecule has 0 unspecified atom stereocenters. The third-order valence-corrected chi connectivity index (χ3v) is 9.15. The topological polar surface area (TPSA) is 64.4 Å². The first-order valence-corrected chi connectivity index (χ1v) is 16.2. The maximum absolute atomic E-state index is 13.4. The second-order valence-corrected chi connectivity index (χ2v) is 12.2. The van der Waals surface area contributed by atoms with Crippen LogP contribution in [-0.2, 0) is 11.2 Å². The number of hydrogen-bond donors (Lipinski definition) is 2. The normalized spacial score (nSPS) is 13.0. The van der Waals surface area contributed by atoms with Crippen LogP contribution in [-0.4, -0.2) is 12.5 Å². The molecule has 0 bridgehead atoms. The van der Waals surface area contributed by atoms with Crippen molar-refractivity contribution >= 4 is 34.3 Å². The number of unbranched alkanes of at least 4 members (excludes halogenated alkanes) is 2. The number of carbonyl (C=O) groups excluding carboxylic acids is 1. The van der Waals surface area contributed by atoms with Crippen molar-refractivity contribution in [2.24, 2.45) is 5.73 Å². The summed E-state index contributed by atoms with van der Waals surface area (Å²) in [5.74, 6) is 0.869. The average Bonchev–Trinajstić information content (AvgIpc) is 2.95. The summed E-state index contributed by atoms with van der Waals surface area (Å²) in [5, 5.41) is 4.95. The molecular formula is C34H48N2O2S2. The van der Waals surface area contributed by atoms with Crippen LogP contribution in [0.15, 0.2) is 74.6 Å². The number of hydrogen-bond acceptors (Lipinski definition) is 5. The summed E-state index contributed by atoms with van der Waals surface area (Å²) in [6, 6.07) is 14.4. The van der Waals surface area contributed by atoms with Gasteiger partial charge in [-0.15, -0.1) is 0 Å². The SMILES string of the molecule is CCC/C=C(\N)Sc1cc(CC(=O)NC(SC(=C(C)CC)c2ccccc2OCCCC)=C(C)CC)ccc1C. The van der Waals surface area contributed by atoms with Crippen LogP contribution in [0.3, 0.4) is 0 Å². The van der Waals surface area contributed by atoms with E-state index in [2.05, 4.69) is 84.1 Å². The summed E-state index contributed by atoms with van der Waals surface area (Å²) in [4.78, 5) is 15.6. The van der Waals surface area contributed by atoms with E-state index in [0.29, 0.717) is 13.0 Å². The molecule has 2 aromatic carbocycles. The van der Waals surface area contributed by atoms with Crippen LogP contribution in [0.1, 0.15) is 96.8 Å². The van der Waals surface area contributed by atoms with Crippen LogP contribution in [0.25, 0.3) is 4.91 Å². The monoisotopic (exact) mass is 580 g/mol. The standard InChI is InChI=1S/C34H48N2O2S2/c1-8-12-18-31(35)39-30-22-27(20-19-26(30)7)23-32(37)36-34(25(6)11-4)40-33(24(5)10-3)28-16-14-15-17-29(28)38-21-13-9-2/h14-20,22H,8-13,21,23,35H2,1-7H3,(H,36,37)/b31-18+,33-24?,34-25?. The molecule has 1 amide bonds. The van der Waals surface area contributed by atoms with Gasteiger partial charge in [0.1, 0.15) is 5.75 Å². The van der Waals surface area contributed by atoms with E-state index >= 15 is 0 Å². The Morgan fingerprint density at radius 1 is 1.00 bits per heavy atom. The van der Waals surface area contributed by atoms with E-state index in [9.17, 15) is 4.79 Å². The van der Waals surface area contributed by atoms with Crippen LogP contribution >= 0.6 is 23.5 Å². The molecular weight excluding hydrogens is 533 g/mol. The van der Waals surface area contributed by atoms with Gasteiger partial charge < -0.3 is 15.8 Å². The second kappa shape index (κ2) is 18.0. The van der Waals surface area contributed by atoms with Crippen LogP contribution in [0.5, 0.6) is 5.75 Å². The molecule has 2 rings (SSSR count). The molecule has 0 atom stereocenters. The third kappa shape index (κ3) is 10.8. The fourth-order valence-electron chi connectivity index (χ4n) is 3.80. The van der Waals surface area contributed by atoms with Gasteiger partial charge in [0, 0.05) is 15.4 Å². The fraction of sp³-hybridized carbons (Fsp3) is 0.441. The number of para-hydroxylation sites is 1. The highest BCUT2D eigenvalue weighted by molar-refractivity contribution is 8.11. The van der Waals surface area contributed by atoms with Crippen molar-refractivity contribution < 1.29 is 9.53 Å². The lowest BCUT2D eigenvalue weighted by Gasteiger charge is -2.20. The fourth-order valence-corrected chi connectivity index (χ4v) is 5.98. The van der Waals surface area contributed by atoms with Gasteiger partial charge in [-0.2, -0.15) is 0 Å². The molecule has 0 radical (unpaired) electrons. The predicted molar refractivity (Wildman–Crippen MR) is 176 cm³/mol. The molecule has 0 aliphatic carbocycles. The van der Waals surface area contributed by atoms with Crippen molar-refractivity contribution in [3.8, 4) is 5.75 Å². The Labute approximate surface area is 251 Å². The maximum Gasteiger partial charge on any atom is 0.229 e. The minimum atomic E-state index is -0.0226. The summed E-state index contributed by atoms with van der Waals surface area (Å²) in [7, 11) is 0. The molecule has 6 heteroatoms. The molecule has 0 saturated carbocycles. The summed E-state index contributed by atoms with van der Waals surface area (Å²) in [6.07, 6.45) is 8.28. The van der Waals surface area contributed by atoms with Crippen molar-refractivity contribution in [3.05, 3.63) is 86.4 Å². The highest BCUT2D eigenvalue weighted by Crippen LogP contribution is 2.41. The highest BCUT2D eigenvalue weighted by Gasteiger charge is 2.18. The molecule has 0 aliphatic rings. The summed E-state index contributed by atoms with van der Waals surface area (Å²) < 4.78 is 6.19. The lowest BCUT2D eigenvalue weighted by molar-refractivity contribution is -0.119.